The van der Waals surface area contributed by atoms with E-state index in [0.29, 0.717) is 0 Å². The van der Waals surface area contributed by atoms with Crippen LogP contribution in [0, 0.1) is 0 Å². The molecule has 3 aromatic rings. The summed E-state index contributed by atoms with van der Waals surface area (Å²) in [6.07, 6.45) is 4.14. The molecule has 3 rings (SSSR count). The molecule has 2 aromatic heterocycles. The van der Waals surface area contributed by atoms with E-state index in [0.717, 1.165) is 19.4 Å². The van der Waals surface area contributed by atoms with Gasteiger partial charge in [-0.3, -0.25) is 0 Å². The molecule has 1 atom stereocenters. The van der Waals surface area contributed by atoms with Crippen LogP contribution in [-0.2, 0) is 13.0 Å². The van der Waals surface area contributed by atoms with Crippen molar-refractivity contribution < 1.29 is 0 Å². The highest BCUT2D eigenvalue weighted by atomic mass is 79.9. The molecule has 1 aromatic carbocycles. The van der Waals surface area contributed by atoms with E-state index in [4.69, 9.17) is 5.73 Å². The molecule has 0 bridgehead atoms. The third-order valence-corrected chi connectivity index (χ3v) is 5.42. The highest BCUT2D eigenvalue weighted by Crippen LogP contribution is 2.25. The van der Waals surface area contributed by atoms with E-state index in [1.165, 1.54) is 25.1 Å². The number of aromatic nitrogens is 1. The molecule has 2 N–H and O–H groups in total. The van der Waals surface area contributed by atoms with Crippen LogP contribution in [0.2, 0.25) is 0 Å². The van der Waals surface area contributed by atoms with Crippen LogP contribution in [-0.4, -0.2) is 10.6 Å². The first-order valence-corrected chi connectivity index (χ1v) is 8.84. The topological polar surface area (TPSA) is 30.9 Å². The summed E-state index contributed by atoms with van der Waals surface area (Å²) in [5, 5.41) is 1.30. The maximum absolute atomic E-state index is 6.05. The first-order chi connectivity index (χ1) is 10.2. The van der Waals surface area contributed by atoms with Crippen LogP contribution in [0.25, 0.3) is 10.9 Å². The zero-order valence-electron chi connectivity index (χ0n) is 12.1. The highest BCUT2D eigenvalue weighted by Gasteiger charge is 2.06. The average molecular weight is 363 g/mol. The minimum absolute atomic E-state index is 0.257. The van der Waals surface area contributed by atoms with E-state index < -0.39 is 0 Å². The van der Waals surface area contributed by atoms with E-state index in [1.807, 2.05) is 0 Å². The molecule has 110 valence electrons. The maximum atomic E-state index is 6.05. The van der Waals surface area contributed by atoms with Crippen molar-refractivity contribution in [3.63, 3.8) is 0 Å². The van der Waals surface area contributed by atoms with Crippen molar-refractivity contribution in [3.05, 3.63) is 56.8 Å². The van der Waals surface area contributed by atoms with Gasteiger partial charge in [-0.05, 0) is 70.1 Å². The molecule has 0 fully saturated rings. The minimum atomic E-state index is 0.257. The molecular formula is C17H19BrN2S. The van der Waals surface area contributed by atoms with Gasteiger partial charge in [0.25, 0.3) is 0 Å². The second kappa shape index (κ2) is 6.34. The van der Waals surface area contributed by atoms with Crippen molar-refractivity contribution >= 4 is 38.2 Å². The summed E-state index contributed by atoms with van der Waals surface area (Å²) in [7, 11) is 0. The van der Waals surface area contributed by atoms with Gasteiger partial charge in [-0.15, -0.1) is 11.3 Å². The maximum Gasteiger partial charge on any atom is 0.0702 e. The summed E-state index contributed by atoms with van der Waals surface area (Å²) in [4.78, 5) is 1.36. The summed E-state index contributed by atoms with van der Waals surface area (Å²) in [6.45, 7) is 3.06. The van der Waals surface area contributed by atoms with Gasteiger partial charge in [0.1, 0.15) is 0 Å². The van der Waals surface area contributed by atoms with Gasteiger partial charge in [-0.25, -0.2) is 0 Å². The third kappa shape index (κ3) is 3.39. The molecule has 0 saturated heterocycles. The standard InChI is InChI=1S/C17H19BrN2S/c1-2-14(19)10-12-3-5-16-13(9-12)7-8-20(16)11-15-4-6-17(18)21-15/h3-9,14H,2,10-11,19H2,1H3. The van der Waals surface area contributed by atoms with Gasteiger partial charge in [-0.1, -0.05) is 13.0 Å². The van der Waals surface area contributed by atoms with Gasteiger partial charge >= 0.3 is 0 Å². The van der Waals surface area contributed by atoms with Gasteiger partial charge in [0.05, 0.1) is 10.3 Å². The van der Waals surface area contributed by atoms with E-state index in [2.05, 4.69) is 70.0 Å². The molecule has 2 nitrogen and oxygen atoms in total. The Kier molecular flexibility index (Phi) is 4.48. The van der Waals surface area contributed by atoms with Crippen LogP contribution in [0.1, 0.15) is 23.8 Å². The molecule has 0 amide bonds. The summed E-state index contributed by atoms with van der Waals surface area (Å²) in [5.41, 5.74) is 8.66. The van der Waals surface area contributed by atoms with Gasteiger partial charge in [-0.2, -0.15) is 0 Å². The second-order valence-electron chi connectivity index (χ2n) is 5.42. The van der Waals surface area contributed by atoms with Crippen molar-refractivity contribution in [1.82, 2.24) is 4.57 Å². The Bertz CT molecular complexity index is 744. The fourth-order valence-corrected chi connectivity index (χ4v) is 4.05. The molecule has 2 heterocycles. The fraction of sp³-hybridized carbons (Fsp3) is 0.294. The molecule has 0 saturated carbocycles. The first kappa shape index (κ1) is 14.8. The monoisotopic (exact) mass is 362 g/mol. The van der Waals surface area contributed by atoms with Gasteiger partial charge in [0.15, 0.2) is 0 Å². The Labute approximate surface area is 137 Å². The summed E-state index contributed by atoms with van der Waals surface area (Å²) >= 11 is 5.31. The Morgan fingerprint density at radius 1 is 1.24 bits per heavy atom. The van der Waals surface area contributed by atoms with E-state index >= 15 is 0 Å². The van der Waals surface area contributed by atoms with Gasteiger partial charge in [0, 0.05) is 22.6 Å². The Hall–Kier alpha value is -1.10. The lowest BCUT2D eigenvalue weighted by atomic mass is 10.0. The molecule has 21 heavy (non-hydrogen) atoms. The number of hydrogen-bond acceptors (Lipinski definition) is 2. The lowest BCUT2D eigenvalue weighted by Gasteiger charge is -2.09. The number of benzene rings is 1. The van der Waals surface area contributed by atoms with E-state index in [1.54, 1.807) is 11.3 Å². The number of hydrogen-bond donors (Lipinski definition) is 1. The Balaban J connectivity index is 1.85. The normalized spacial score (nSPS) is 12.9. The predicted octanol–water partition coefficient (Wildman–Crippen LogP) is 4.79. The summed E-state index contributed by atoms with van der Waals surface area (Å²) in [6, 6.07) is 13.4. The zero-order valence-corrected chi connectivity index (χ0v) is 14.5. The number of nitrogens with two attached hydrogens (primary N) is 1. The van der Waals surface area contributed by atoms with E-state index in [9.17, 15) is 0 Å². The van der Waals surface area contributed by atoms with Crippen LogP contribution in [0.15, 0.2) is 46.4 Å². The predicted molar refractivity (Wildman–Crippen MR) is 95.0 cm³/mol. The van der Waals surface area contributed by atoms with Crippen molar-refractivity contribution in [3.8, 4) is 0 Å². The quantitative estimate of drug-likeness (QED) is 0.694. The van der Waals surface area contributed by atoms with Crippen molar-refractivity contribution in [2.45, 2.75) is 32.4 Å². The van der Waals surface area contributed by atoms with Crippen LogP contribution in [0.5, 0.6) is 0 Å². The van der Waals surface area contributed by atoms with Crippen LogP contribution in [0.4, 0.5) is 0 Å². The number of thiophene rings is 1. The summed E-state index contributed by atoms with van der Waals surface area (Å²) < 4.78 is 3.49. The smallest absolute Gasteiger partial charge is 0.0702 e. The number of fused-ring (bicyclic) bond motifs is 1. The highest BCUT2D eigenvalue weighted by molar-refractivity contribution is 9.11. The van der Waals surface area contributed by atoms with Crippen molar-refractivity contribution in [2.24, 2.45) is 5.73 Å². The first-order valence-electron chi connectivity index (χ1n) is 7.23. The molecule has 0 radical (unpaired) electrons. The molecule has 0 aliphatic heterocycles. The minimum Gasteiger partial charge on any atom is -0.342 e. The molecule has 0 aliphatic carbocycles. The Morgan fingerprint density at radius 2 is 2.10 bits per heavy atom. The molecule has 4 heteroatoms. The fourth-order valence-electron chi connectivity index (χ4n) is 2.57. The van der Waals surface area contributed by atoms with Gasteiger partial charge in [0.2, 0.25) is 0 Å². The van der Waals surface area contributed by atoms with Crippen molar-refractivity contribution in [1.29, 1.82) is 0 Å². The second-order valence-corrected chi connectivity index (χ2v) is 7.96. The molecule has 0 spiro atoms. The number of halogens is 1. The van der Waals surface area contributed by atoms with Crippen LogP contribution < -0.4 is 5.73 Å². The van der Waals surface area contributed by atoms with Crippen molar-refractivity contribution in [2.75, 3.05) is 0 Å². The number of rotatable bonds is 5. The van der Waals surface area contributed by atoms with Crippen LogP contribution in [0.3, 0.4) is 0 Å². The SMILES string of the molecule is CCC(N)Cc1ccc2c(ccn2Cc2ccc(Br)s2)c1. The average Bonchev–Trinajstić information content (AvgIpc) is 3.06. The molecule has 0 aliphatic rings. The van der Waals surface area contributed by atoms with Crippen LogP contribution >= 0.6 is 27.3 Å². The van der Waals surface area contributed by atoms with Gasteiger partial charge < -0.3 is 10.3 Å². The number of nitrogens with zero attached hydrogens (tertiary/aromatic N) is 1. The largest absolute Gasteiger partial charge is 0.342 e. The Morgan fingerprint density at radius 3 is 2.81 bits per heavy atom. The third-order valence-electron chi connectivity index (χ3n) is 3.81. The molecular weight excluding hydrogens is 344 g/mol. The zero-order chi connectivity index (χ0) is 14.8. The molecule has 1 unspecified atom stereocenters. The van der Waals surface area contributed by atoms with E-state index in [-0.39, 0.29) is 6.04 Å². The summed E-state index contributed by atoms with van der Waals surface area (Å²) in [5.74, 6) is 0. The lowest BCUT2D eigenvalue weighted by molar-refractivity contribution is 0.647. The lowest BCUT2D eigenvalue weighted by Crippen LogP contribution is -2.21.